The van der Waals surface area contributed by atoms with Crippen LogP contribution in [0.4, 0.5) is 0 Å². The summed E-state index contributed by atoms with van der Waals surface area (Å²) in [5, 5.41) is 3.90. The normalized spacial score (nSPS) is 18.4. The number of ether oxygens (including phenoxy) is 1. The maximum Gasteiger partial charge on any atom is 0.268 e. The van der Waals surface area contributed by atoms with Gasteiger partial charge in [0.2, 0.25) is 0 Å². The highest BCUT2D eigenvalue weighted by molar-refractivity contribution is 7.93. The molecule has 4 rings (SSSR count). The second kappa shape index (κ2) is 11.6. The van der Waals surface area contributed by atoms with Gasteiger partial charge in [-0.05, 0) is 36.7 Å². The van der Waals surface area contributed by atoms with E-state index in [1.54, 1.807) is 0 Å². The van der Waals surface area contributed by atoms with Crippen LogP contribution in [0.25, 0.3) is 10.6 Å². The fraction of sp³-hybridized carbons (Fsp3) is 0.733. The number of nitrogens with zero attached hydrogens (tertiary/aromatic N) is 2. The molecule has 0 atom stereocenters. The van der Waals surface area contributed by atoms with Crippen molar-refractivity contribution in [3.05, 3.63) is 23.1 Å². The molecule has 9 heteroatoms. The van der Waals surface area contributed by atoms with Crippen LogP contribution in [0.15, 0.2) is 10.3 Å². The van der Waals surface area contributed by atoms with Crippen molar-refractivity contribution in [3.8, 4) is 10.6 Å². The van der Waals surface area contributed by atoms with Crippen molar-refractivity contribution < 1.29 is 17.9 Å². The molecule has 2 aromatic heterocycles. The van der Waals surface area contributed by atoms with Gasteiger partial charge < -0.3 is 14.6 Å². The van der Waals surface area contributed by atoms with E-state index in [2.05, 4.69) is 5.32 Å². The zero-order chi connectivity index (χ0) is 28.6. The third-order valence-corrected chi connectivity index (χ3v) is 11.7. The van der Waals surface area contributed by atoms with E-state index < -0.39 is 15.3 Å². The number of sulfone groups is 1. The van der Waals surface area contributed by atoms with Gasteiger partial charge in [-0.1, -0.05) is 73.6 Å². The molecule has 1 amide bonds. The first kappa shape index (κ1) is 30.3. The summed E-state index contributed by atoms with van der Waals surface area (Å²) >= 11 is 1.27. The van der Waals surface area contributed by atoms with Crippen LogP contribution in [0.5, 0.6) is 0 Å². The molecule has 7 nitrogen and oxygen atoms in total. The van der Waals surface area contributed by atoms with Gasteiger partial charge in [-0.25, -0.2) is 13.4 Å². The molecule has 2 aliphatic rings. The zero-order valence-corrected chi connectivity index (χ0v) is 26.5. The molecule has 39 heavy (non-hydrogen) atoms. The predicted molar refractivity (Wildman–Crippen MR) is 158 cm³/mol. The second-order valence-electron chi connectivity index (χ2n) is 13.7. The lowest BCUT2D eigenvalue weighted by Gasteiger charge is -2.24. The molecule has 3 heterocycles. The van der Waals surface area contributed by atoms with Crippen LogP contribution in [-0.2, 0) is 33.5 Å². The minimum atomic E-state index is -3.54. The molecular formula is C30H47N3O4S2. The first-order chi connectivity index (χ1) is 18.2. The predicted octanol–water partition coefficient (Wildman–Crippen LogP) is 6.30. The van der Waals surface area contributed by atoms with Crippen LogP contribution in [0.1, 0.15) is 108 Å². The number of rotatable bonds is 7. The van der Waals surface area contributed by atoms with Crippen molar-refractivity contribution in [2.24, 2.45) is 18.4 Å². The molecule has 0 bridgehead atoms. The quantitative estimate of drug-likeness (QED) is 0.417. The average molecular weight is 578 g/mol. The Bertz CT molecular complexity index is 1270. The number of hydrogen-bond acceptors (Lipinski definition) is 6. The highest BCUT2D eigenvalue weighted by atomic mass is 32.2. The summed E-state index contributed by atoms with van der Waals surface area (Å²) in [6.45, 7) is 13.2. The van der Waals surface area contributed by atoms with Crippen LogP contribution in [-0.4, -0.2) is 48.9 Å². The number of carbonyl (C=O) groups is 1. The van der Waals surface area contributed by atoms with Crippen molar-refractivity contribution in [3.63, 3.8) is 0 Å². The van der Waals surface area contributed by atoms with Gasteiger partial charge in [0, 0.05) is 43.0 Å². The molecule has 2 aromatic rings. The fourth-order valence-electron chi connectivity index (χ4n) is 5.80. The number of hydrogen-bond donors (Lipinski definition) is 1. The Morgan fingerprint density at radius 2 is 1.72 bits per heavy atom. The standard InChI is InChI=1S/C30H47N3O4S2/c1-29(2,3)19-39(35,36)28-25(30(4,5)6)32-27(38-28)22-18-24(26(34)31-21-13-15-37-16-14-21)33(7)23(22)17-20-11-9-8-10-12-20/h18,20-21H,8-17,19H2,1-7H3,(H,31,34). The van der Waals surface area contributed by atoms with Crippen molar-refractivity contribution in [2.45, 2.75) is 109 Å². The lowest BCUT2D eigenvalue weighted by molar-refractivity contribution is 0.0692. The van der Waals surface area contributed by atoms with E-state index in [1.165, 1.54) is 43.4 Å². The summed E-state index contributed by atoms with van der Waals surface area (Å²) in [4.78, 5) is 18.5. The molecule has 218 valence electrons. The van der Waals surface area contributed by atoms with Crippen molar-refractivity contribution in [1.29, 1.82) is 0 Å². The summed E-state index contributed by atoms with van der Waals surface area (Å²) in [6.07, 6.45) is 8.62. The molecule has 1 aliphatic carbocycles. The van der Waals surface area contributed by atoms with Crippen LogP contribution in [0.2, 0.25) is 0 Å². The van der Waals surface area contributed by atoms with Gasteiger partial charge in [0.15, 0.2) is 9.84 Å². The number of nitrogens with one attached hydrogen (secondary N) is 1. The maximum atomic E-state index is 13.7. The van der Waals surface area contributed by atoms with Crippen molar-refractivity contribution in [1.82, 2.24) is 14.9 Å². The molecule has 1 saturated carbocycles. The number of carbonyl (C=O) groups excluding carboxylic acids is 1. The second-order valence-corrected chi connectivity index (χ2v) is 16.9. The number of aromatic nitrogens is 2. The highest BCUT2D eigenvalue weighted by Crippen LogP contribution is 2.42. The van der Waals surface area contributed by atoms with Crippen LogP contribution in [0, 0.1) is 11.3 Å². The molecule has 0 aromatic carbocycles. The lowest BCUT2D eigenvalue weighted by Crippen LogP contribution is -2.39. The first-order valence-electron chi connectivity index (χ1n) is 14.5. The monoisotopic (exact) mass is 577 g/mol. The van der Waals surface area contributed by atoms with Crippen molar-refractivity contribution in [2.75, 3.05) is 19.0 Å². The Kier molecular flexibility index (Phi) is 9.04. The van der Waals surface area contributed by atoms with Crippen molar-refractivity contribution >= 4 is 27.1 Å². The maximum absolute atomic E-state index is 13.7. The Morgan fingerprint density at radius 1 is 1.08 bits per heavy atom. The summed E-state index contributed by atoms with van der Waals surface area (Å²) in [5.74, 6) is 0.532. The third-order valence-electron chi connectivity index (χ3n) is 7.80. The molecule has 0 unspecified atom stereocenters. The van der Waals surface area contributed by atoms with Gasteiger partial charge in [0.25, 0.3) is 5.91 Å². The van der Waals surface area contributed by atoms with Crippen LogP contribution in [0.3, 0.4) is 0 Å². The Morgan fingerprint density at radius 3 is 2.31 bits per heavy atom. The molecule has 1 aliphatic heterocycles. The summed E-state index contributed by atoms with van der Waals surface area (Å²) in [5.41, 5.74) is 2.39. The average Bonchev–Trinajstić information content (AvgIpc) is 3.42. The van der Waals surface area contributed by atoms with E-state index in [9.17, 15) is 13.2 Å². The van der Waals surface area contributed by atoms with E-state index in [0.29, 0.717) is 39.7 Å². The number of thiazole rings is 1. The molecule has 1 N–H and O–H groups in total. The lowest BCUT2D eigenvalue weighted by atomic mass is 9.85. The number of amides is 1. The smallest absolute Gasteiger partial charge is 0.268 e. The van der Waals surface area contributed by atoms with Gasteiger partial charge in [-0.15, -0.1) is 11.3 Å². The minimum Gasteiger partial charge on any atom is -0.381 e. The minimum absolute atomic E-state index is 0.0627. The van der Waals surface area contributed by atoms with Gasteiger partial charge in [0.05, 0.1) is 11.4 Å². The highest BCUT2D eigenvalue weighted by Gasteiger charge is 2.35. The van der Waals surface area contributed by atoms with Gasteiger partial charge in [-0.3, -0.25) is 4.79 Å². The Labute approximate surface area is 239 Å². The molecule has 1 saturated heterocycles. The largest absolute Gasteiger partial charge is 0.381 e. The molecular weight excluding hydrogens is 530 g/mol. The Balaban J connectivity index is 1.79. The van der Waals surface area contributed by atoms with Gasteiger partial charge in [-0.2, -0.15) is 0 Å². The molecule has 0 radical (unpaired) electrons. The Hall–Kier alpha value is -1.71. The third kappa shape index (κ3) is 7.33. The van der Waals surface area contributed by atoms with E-state index >= 15 is 0 Å². The SMILES string of the molecule is Cn1c(C(=O)NC2CCOCC2)cc(-c2nc(C(C)(C)C)c(S(=O)(=O)CC(C)(C)C)s2)c1CC1CCCCC1. The molecule has 0 spiro atoms. The van der Waals surface area contributed by atoms with Crippen LogP contribution < -0.4 is 5.32 Å². The summed E-state index contributed by atoms with van der Waals surface area (Å²) < 4.78 is 35.2. The summed E-state index contributed by atoms with van der Waals surface area (Å²) in [6, 6.07) is 2.05. The van der Waals surface area contributed by atoms with Gasteiger partial charge >= 0.3 is 0 Å². The van der Waals surface area contributed by atoms with Crippen LogP contribution >= 0.6 is 11.3 Å². The summed E-state index contributed by atoms with van der Waals surface area (Å²) in [7, 11) is -1.57. The van der Waals surface area contributed by atoms with E-state index in [4.69, 9.17) is 9.72 Å². The fourth-order valence-corrected chi connectivity index (χ4v) is 9.69. The topological polar surface area (TPSA) is 90.3 Å². The zero-order valence-electron chi connectivity index (χ0n) is 24.9. The van der Waals surface area contributed by atoms with Gasteiger partial charge in [0.1, 0.15) is 14.9 Å². The van der Waals surface area contributed by atoms with E-state index in [0.717, 1.165) is 30.5 Å². The van der Waals surface area contributed by atoms with E-state index in [1.807, 2.05) is 59.2 Å². The van der Waals surface area contributed by atoms with E-state index in [-0.39, 0.29) is 23.1 Å². The molecule has 2 fully saturated rings. The first-order valence-corrected chi connectivity index (χ1v) is 16.9.